The second-order valence-corrected chi connectivity index (χ2v) is 3.65. The van der Waals surface area contributed by atoms with Crippen LogP contribution in [-0.2, 0) is 16.0 Å². The molecule has 1 aromatic carbocycles. The molecule has 0 amide bonds. The molecule has 0 aliphatic carbocycles. The molecule has 0 fully saturated rings. The van der Waals surface area contributed by atoms with Crippen LogP contribution in [0, 0.1) is 5.82 Å². The summed E-state index contributed by atoms with van der Waals surface area (Å²) in [4.78, 5) is 11.0. The summed E-state index contributed by atoms with van der Waals surface area (Å²) in [5, 5.41) is 0. The maximum Gasteiger partial charge on any atom is 0.322 e. The summed E-state index contributed by atoms with van der Waals surface area (Å²) < 4.78 is 17.1. The Bertz CT molecular complexity index is 337. The van der Waals surface area contributed by atoms with Gasteiger partial charge in [-0.3, -0.25) is 4.79 Å². The van der Waals surface area contributed by atoms with Crippen molar-refractivity contribution >= 4 is 5.97 Å². The Hall–Kier alpha value is -1.42. The van der Waals surface area contributed by atoms with Crippen LogP contribution >= 0.6 is 0 Å². The number of aryl methyl sites for hydroxylation is 1. The molecular formula is C12H16FNO2. The van der Waals surface area contributed by atoms with Crippen molar-refractivity contribution in [2.75, 3.05) is 7.11 Å². The van der Waals surface area contributed by atoms with E-state index in [9.17, 15) is 9.18 Å². The number of carbonyl (C=O) groups is 1. The third-order valence-corrected chi connectivity index (χ3v) is 2.40. The minimum absolute atomic E-state index is 0.241. The van der Waals surface area contributed by atoms with Gasteiger partial charge in [0, 0.05) is 0 Å². The first kappa shape index (κ1) is 12.6. The Morgan fingerprint density at radius 3 is 2.62 bits per heavy atom. The van der Waals surface area contributed by atoms with Gasteiger partial charge in [-0.25, -0.2) is 4.39 Å². The van der Waals surface area contributed by atoms with E-state index in [-0.39, 0.29) is 11.8 Å². The number of methoxy groups -OCH3 is 1. The predicted octanol–water partition coefficient (Wildman–Crippen LogP) is 1.65. The fraction of sp³-hybridized carbons (Fsp3) is 0.417. The third kappa shape index (κ3) is 3.98. The van der Waals surface area contributed by atoms with Gasteiger partial charge in [0.25, 0.3) is 0 Å². The van der Waals surface area contributed by atoms with Crippen molar-refractivity contribution in [3.8, 4) is 0 Å². The van der Waals surface area contributed by atoms with Gasteiger partial charge in [-0.15, -0.1) is 0 Å². The molecule has 0 spiro atoms. The van der Waals surface area contributed by atoms with E-state index in [1.54, 1.807) is 12.1 Å². The average molecular weight is 225 g/mol. The number of hydrogen-bond donors (Lipinski definition) is 1. The number of nitrogens with two attached hydrogens (primary N) is 1. The molecule has 0 aliphatic rings. The van der Waals surface area contributed by atoms with Crippen molar-refractivity contribution in [2.45, 2.75) is 25.3 Å². The van der Waals surface area contributed by atoms with Crippen LogP contribution in [0.4, 0.5) is 4.39 Å². The van der Waals surface area contributed by atoms with Crippen molar-refractivity contribution in [1.82, 2.24) is 0 Å². The molecule has 0 bridgehead atoms. The third-order valence-electron chi connectivity index (χ3n) is 2.40. The van der Waals surface area contributed by atoms with Crippen LogP contribution in [0.15, 0.2) is 24.3 Å². The highest BCUT2D eigenvalue weighted by molar-refractivity contribution is 5.75. The minimum atomic E-state index is -0.564. The molecular weight excluding hydrogens is 209 g/mol. The normalized spacial score (nSPS) is 12.2. The summed E-state index contributed by atoms with van der Waals surface area (Å²) in [6.07, 6.45) is 2.14. The van der Waals surface area contributed by atoms with E-state index < -0.39 is 6.04 Å². The summed E-state index contributed by atoms with van der Waals surface area (Å²) in [5.74, 6) is -0.630. The van der Waals surface area contributed by atoms with Gasteiger partial charge in [-0.05, 0) is 37.0 Å². The van der Waals surface area contributed by atoms with Crippen molar-refractivity contribution in [1.29, 1.82) is 0 Å². The van der Waals surface area contributed by atoms with Crippen LogP contribution in [0.2, 0.25) is 0 Å². The van der Waals surface area contributed by atoms with Crippen LogP contribution in [0.25, 0.3) is 0 Å². The lowest BCUT2D eigenvalue weighted by Crippen LogP contribution is -2.31. The molecule has 1 unspecified atom stereocenters. The molecule has 1 aromatic rings. The molecule has 0 saturated carbocycles. The van der Waals surface area contributed by atoms with Gasteiger partial charge in [0.1, 0.15) is 11.9 Å². The zero-order valence-electron chi connectivity index (χ0n) is 9.28. The summed E-state index contributed by atoms with van der Waals surface area (Å²) in [5.41, 5.74) is 6.62. The quantitative estimate of drug-likeness (QED) is 0.775. The maximum atomic E-state index is 12.6. The molecule has 16 heavy (non-hydrogen) atoms. The van der Waals surface area contributed by atoms with Gasteiger partial charge in [0.15, 0.2) is 0 Å². The highest BCUT2D eigenvalue weighted by Gasteiger charge is 2.12. The van der Waals surface area contributed by atoms with E-state index in [1.165, 1.54) is 19.2 Å². The summed E-state index contributed by atoms with van der Waals surface area (Å²) in [6.45, 7) is 0. The number of halogens is 1. The fourth-order valence-electron chi connectivity index (χ4n) is 1.45. The molecule has 0 aliphatic heterocycles. The zero-order chi connectivity index (χ0) is 12.0. The lowest BCUT2D eigenvalue weighted by Gasteiger charge is -2.08. The van der Waals surface area contributed by atoms with Crippen molar-refractivity contribution < 1.29 is 13.9 Å². The second kappa shape index (κ2) is 6.23. The molecule has 2 N–H and O–H groups in total. The molecule has 0 radical (unpaired) electrons. The molecule has 3 nitrogen and oxygen atoms in total. The summed E-state index contributed by atoms with van der Waals surface area (Å²) in [7, 11) is 1.32. The molecule has 88 valence electrons. The Morgan fingerprint density at radius 1 is 1.44 bits per heavy atom. The van der Waals surface area contributed by atoms with E-state index >= 15 is 0 Å². The maximum absolute atomic E-state index is 12.6. The first-order chi connectivity index (χ1) is 7.63. The summed E-state index contributed by atoms with van der Waals surface area (Å²) >= 11 is 0. The molecule has 0 heterocycles. The smallest absolute Gasteiger partial charge is 0.322 e. The van der Waals surface area contributed by atoms with Crippen LogP contribution in [-0.4, -0.2) is 19.1 Å². The van der Waals surface area contributed by atoms with Gasteiger partial charge in [0.2, 0.25) is 0 Å². The zero-order valence-corrected chi connectivity index (χ0v) is 9.28. The Morgan fingerprint density at radius 2 is 2.06 bits per heavy atom. The van der Waals surface area contributed by atoms with Crippen LogP contribution < -0.4 is 5.73 Å². The number of hydrogen-bond acceptors (Lipinski definition) is 3. The molecule has 0 aromatic heterocycles. The Kier molecular flexibility index (Phi) is 4.92. The number of ether oxygens (including phenoxy) is 1. The second-order valence-electron chi connectivity index (χ2n) is 3.65. The van der Waals surface area contributed by atoms with Gasteiger partial charge >= 0.3 is 5.97 Å². The van der Waals surface area contributed by atoms with Gasteiger partial charge in [-0.1, -0.05) is 12.1 Å². The first-order valence-electron chi connectivity index (χ1n) is 5.21. The number of esters is 1. The van der Waals surface area contributed by atoms with Crippen molar-refractivity contribution in [3.63, 3.8) is 0 Å². The van der Waals surface area contributed by atoms with Gasteiger partial charge in [0.05, 0.1) is 7.11 Å². The Balaban J connectivity index is 2.30. The van der Waals surface area contributed by atoms with Gasteiger partial charge < -0.3 is 10.5 Å². The number of carbonyl (C=O) groups excluding carboxylic acids is 1. The highest BCUT2D eigenvalue weighted by Crippen LogP contribution is 2.08. The molecule has 4 heteroatoms. The van der Waals surface area contributed by atoms with Crippen LogP contribution in [0.1, 0.15) is 18.4 Å². The van der Waals surface area contributed by atoms with Crippen LogP contribution in [0.5, 0.6) is 0 Å². The lowest BCUT2D eigenvalue weighted by molar-refractivity contribution is -0.142. The fourth-order valence-corrected chi connectivity index (χ4v) is 1.45. The van der Waals surface area contributed by atoms with E-state index in [1.807, 2.05) is 0 Å². The molecule has 0 saturated heterocycles. The average Bonchev–Trinajstić information content (AvgIpc) is 2.30. The van der Waals surface area contributed by atoms with E-state index in [0.29, 0.717) is 6.42 Å². The Labute approximate surface area is 94.4 Å². The minimum Gasteiger partial charge on any atom is -0.468 e. The van der Waals surface area contributed by atoms with E-state index in [0.717, 1.165) is 18.4 Å². The first-order valence-corrected chi connectivity index (χ1v) is 5.21. The molecule has 1 rings (SSSR count). The number of rotatable bonds is 5. The van der Waals surface area contributed by atoms with Crippen LogP contribution in [0.3, 0.4) is 0 Å². The SMILES string of the molecule is COC(=O)C(N)CCCc1ccc(F)cc1. The largest absolute Gasteiger partial charge is 0.468 e. The van der Waals surface area contributed by atoms with E-state index in [4.69, 9.17) is 5.73 Å². The monoisotopic (exact) mass is 225 g/mol. The topological polar surface area (TPSA) is 52.3 Å². The van der Waals surface area contributed by atoms with Gasteiger partial charge in [-0.2, -0.15) is 0 Å². The predicted molar refractivity (Wildman–Crippen MR) is 59.3 cm³/mol. The van der Waals surface area contributed by atoms with Crippen molar-refractivity contribution in [3.05, 3.63) is 35.6 Å². The van der Waals surface area contributed by atoms with E-state index in [2.05, 4.69) is 4.74 Å². The molecule has 1 atom stereocenters. The summed E-state index contributed by atoms with van der Waals surface area (Å²) in [6, 6.07) is 5.76. The standard InChI is InChI=1S/C12H16FNO2/c1-16-12(15)11(14)4-2-3-9-5-7-10(13)8-6-9/h5-8,11H,2-4,14H2,1H3. The highest BCUT2D eigenvalue weighted by atomic mass is 19.1. The lowest BCUT2D eigenvalue weighted by atomic mass is 10.1. The van der Waals surface area contributed by atoms with Crippen molar-refractivity contribution in [2.24, 2.45) is 5.73 Å². The number of benzene rings is 1.